The zero-order chi connectivity index (χ0) is 8.69. The summed E-state index contributed by atoms with van der Waals surface area (Å²) in [6.07, 6.45) is 0. The normalized spacial score (nSPS) is 7.91. The van der Waals surface area contributed by atoms with Crippen molar-refractivity contribution in [2.75, 3.05) is 0 Å². The zero-order valence-electron chi connectivity index (χ0n) is 6.05. The van der Waals surface area contributed by atoms with E-state index in [1.807, 2.05) is 18.2 Å². The molecule has 0 aliphatic carbocycles. The minimum absolute atomic E-state index is 0.889. The maximum Gasteiger partial charge on any atom is 0.313 e. The van der Waals surface area contributed by atoms with E-state index in [0.29, 0.717) is 0 Å². The Balaban J connectivity index is 0.000000218. The minimum atomic E-state index is -0.889. The van der Waals surface area contributed by atoms with Crippen LogP contribution in [-0.2, 0) is 0 Å². The molecular formula is C8H8Cl2O. The molecule has 11 heavy (non-hydrogen) atoms. The van der Waals surface area contributed by atoms with Gasteiger partial charge in [-0.3, -0.25) is 4.79 Å². The second-order valence-corrected chi connectivity index (χ2v) is 2.76. The predicted molar refractivity (Wildman–Crippen MR) is 48.3 cm³/mol. The first-order chi connectivity index (χ1) is 5.13. The lowest BCUT2D eigenvalue weighted by molar-refractivity contribution is 0.275. The molecule has 0 unspecified atom stereocenters. The molecule has 0 radical (unpaired) electrons. The summed E-state index contributed by atoms with van der Waals surface area (Å²) in [5, 5.41) is 0. The van der Waals surface area contributed by atoms with E-state index < -0.39 is 4.70 Å². The molecule has 0 aromatic heterocycles. The molecule has 1 aromatic carbocycles. The lowest BCUT2D eigenvalue weighted by Crippen LogP contribution is -1.62. The summed E-state index contributed by atoms with van der Waals surface area (Å²) >= 11 is 8.80. The third-order valence-corrected chi connectivity index (χ3v) is 0.940. The monoisotopic (exact) mass is 190 g/mol. The largest absolute Gasteiger partial charge is 0.313 e. The number of carbonyl (C=O) groups excluding carboxylic acids is 1. The highest BCUT2D eigenvalue weighted by molar-refractivity contribution is 6.93. The fourth-order valence-corrected chi connectivity index (χ4v) is 0.534. The van der Waals surface area contributed by atoms with Gasteiger partial charge in [0.05, 0.1) is 0 Å². The number of rotatable bonds is 0. The number of benzene rings is 1. The lowest BCUT2D eigenvalue weighted by atomic mass is 10.2. The first-order valence-corrected chi connectivity index (χ1v) is 3.75. The number of hydrogen-bond acceptors (Lipinski definition) is 1. The Morgan fingerprint density at radius 2 is 1.55 bits per heavy atom. The molecule has 1 aromatic rings. The number of aryl methyl sites for hydroxylation is 1. The molecule has 60 valence electrons. The van der Waals surface area contributed by atoms with Gasteiger partial charge in [-0.1, -0.05) is 35.9 Å². The summed E-state index contributed by atoms with van der Waals surface area (Å²) in [6, 6.07) is 10.3. The lowest BCUT2D eigenvalue weighted by Gasteiger charge is -1.82. The van der Waals surface area contributed by atoms with Gasteiger partial charge in [0, 0.05) is 0 Å². The second kappa shape index (κ2) is 6.20. The molecule has 0 spiro atoms. The molecule has 1 nitrogen and oxygen atoms in total. The van der Waals surface area contributed by atoms with Crippen molar-refractivity contribution in [1.82, 2.24) is 0 Å². The summed E-state index contributed by atoms with van der Waals surface area (Å²) in [7, 11) is 0. The van der Waals surface area contributed by atoms with Crippen LogP contribution in [0.4, 0.5) is 4.79 Å². The highest BCUT2D eigenvalue weighted by atomic mass is 35.5. The summed E-state index contributed by atoms with van der Waals surface area (Å²) in [5.41, 5.74) is 1.32. The van der Waals surface area contributed by atoms with E-state index in [4.69, 9.17) is 4.79 Å². The molecule has 0 saturated heterocycles. The zero-order valence-corrected chi connectivity index (χ0v) is 7.56. The van der Waals surface area contributed by atoms with Crippen LogP contribution in [0, 0.1) is 6.92 Å². The van der Waals surface area contributed by atoms with E-state index in [0.717, 1.165) is 0 Å². The molecule has 0 saturated carbocycles. The highest BCUT2D eigenvalue weighted by Gasteiger charge is 1.72. The van der Waals surface area contributed by atoms with Gasteiger partial charge in [0.25, 0.3) is 0 Å². The van der Waals surface area contributed by atoms with Gasteiger partial charge in [0.15, 0.2) is 0 Å². The summed E-state index contributed by atoms with van der Waals surface area (Å²) < 4.78 is -0.889. The Labute approximate surface area is 75.9 Å². The third kappa shape index (κ3) is 9.47. The van der Waals surface area contributed by atoms with E-state index in [1.165, 1.54) is 5.56 Å². The molecule has 0 heterocycles. The van der Waals surface area contributed by atoms with Crippen LogP contribution in [-0.4, -0.2) is 4.70 Å². The Hall–Kier alpha value is -0.530. The van der Waals surface area contributed by atoms with E-state index in [1.54, 1.807) is 0 Å². The molecule has 0 atom stereocenters. The van der Waals surface area contributed by atoms with Crippen molar-refractivity contribution in [3.63, 3.8) is 0 Å². The van der Waals surface area contributed by atoms with Gasteiger partial charge in [-0.15, -0.1) is 0 Å². The van der Waals surface area contributed by atoms with E-state index in [2.05, 4.69) is 42.3 Å². The van der Waals surface area contributed by atoms with Crippen molar-refractivity contribution < 1.29 is 4.79 Å². The minimum Gasteiger partial charge on any atom is -0.262 e. The van der Waals surface area contributed by atoms with Crippen molar-refractivity contribution in [3.05, 3.63) is 35.9 Å². The number of hydrogen-bond donors (Lipinski definition) is 0. The van der Waals surface area contributed by atoms with Crippen molar-refractivity contribution in [2.45, 2.75) is 6.92 Å². The molecule has 3 heteroatoms. The smallest absolute Gasteiger partial charge is 0.262 e. The molecular weight excluding hydrogens is 183 g/mol. The Morgan fingerprint density at radius 3 is 1.73 bits per heavy atom. The third-order valence-electron chi connectivity index (χ3n) is 0.940. The summed E-state index contributed by atoms with van der Waals surface area (Å²) in [6.45, 7) is 2.08. The summed E-state index contributed by atoms with van der Waals surface area (Å²) in [4.78, 5) is 8.98. The van der Waals surface area contributed by atoms with Crippen LogP contribution in [0.15, 0.2) is 30.3 Å². The molecule has 1 rings (SSSR count). The van der Waals surface area contributed by atoms with Crippen LogP contribution in [0.2, 0.25) is 0 Å². The van der Waals surface area contributed by atoms with Crippen LogP contribution < -0.4 is 0 Å². The predicted octanol–water partition coefficient (Wildman–Crippen LogP) is 3.58. The molecule has 0 bridgehead atoms. The molecule has 0 fully saturated rings. The molecule has 0 aliphatic heterocycles. The van der Waals surface area contributed by atoms with Crippen LogP contribution in [0.3, 0.4) is 0 Å². The van der Waals surface area contributed by atoms with Gasteiger partial charge in [-0.05, 0) is 30.1 Å². The van der Waals surface area contributed by atoms with Gasteiger partial charge in [-0.25, -0.2) is 0 Å². The Morgan fingerprint density at radius 1 is 1.18 bits per heavy atom. The first kappa shape index (κ1) is 10.5. The molecule has 0 amide bonds. The van der Waals surface area contributed by atoms with Crippen molar-refractivity contribution in [1.29, 1.82) is 0 Å². The van der Waals surface area contributed by atoms with Gasteiger partial charge in [-0.2, -0.15) is 0 Å². The van der Waals surface area contributed by atoms with Crippen LogP contribution in [0.5, 0.6) is 0 Å². The topological polar surface area (TPSA) is 17.1 Å². The fraction of sp³-hybridized carbons (Fsp3) is 0.125. The van der Waals surface area contributed by atoms with E-state index in [-0.39, 0.29) is 0 Å². The standard InChI is InChI=1S/C7H8.CCl2O/c1-7-5-3-2-4-6-7;2-1(3)4/h2-6H,1H3;. The van der Waals surface area contributed by atoms with Crippen molar-refractivity contribution in [3.8, 4) is 0 Å². The van der Waals surface area contributed by atoms with Crippen molar-refractivity contribution >= 4 is 27.9 Å². The molecule has 0 aliphatic rings. The second-order valence-electron chi connectivity index (χ2n) is 1.88. The maximum absolute atomic E-state index is 8.98. The quantitative estimate of drug-likeness (QED) is 0.572. The van der Waals surface area contributed by atoms with Crippen molar-refractivity contribution in [2.24, 2.45) is 0 Å². The average Bonchev–Trinajstić information content (AvgIpc) is 1.87. The van der Waals surface area contributed by atoms with Crippen LogP contribution in [0.1, 0.15) is 5.56 Å². The SMILES string of the molecule is Cc1ccccc1.O=C(Cl)Cl. The summed E-state index contributed by atoms with van der Waals surface area (Å²) in [5.74, 6) is 0. The van der Waals surface area contributed by atoms with Crippen LogP contribution >= 0.6 is 23.2 Å². The van der Waals surface area contributed by atoms with Crippen LogP contribution in [0.25, 0.3) is 0 Å². The highest BCUT2D eigenvalue weighted by Crippen LogP contribution is 1.92. The number of halogens is 2. The van der Waals surface area contributed by atoms with Gasteiger partial charge in [0.1, 0.15) is 0 Å². The van der Waals surface area contributed by atoms with E-state index >= 15 is 0 Å². The average molecular weight is 191 g/mol. The number of carbonyl (C=O) groups is 1. The molecule has 0 N–H and O–H groups in total. The Bertz CT molecular complexity index is 205. The van der Waals surface area contributed by atoms with E-state index in [9.17, 15) is 0 Å². The van der Waals surface area contributed by atoms with Gasteiger partial charge >= 0.3 is 4.70 Å². The fourth-order valence-electron chi connectivity index (χ4n) is 0.534. The van der Waals surface area contributed by atoms with Gasteiger partial charge in [0.2, 0.25) is 0 Å². The van der Waals surface area contributed by atoms with Gasteiger partial charge < -0.3 is 0 Å². The Kier molecular flexibility index (Phi) is 5.90. The maximum atomic E-state index is 8.98. The first-order valence-electron chi connectivity index (χ1n) is 2.99.